The number of carbonyl (C=O) groups excluding carboxylic acids is 1. The molecule has 2 aromatic rings. The van der Waals surface area contributed by atoms with Crippen LogP contribution in [-0.2, 0) is 12.8 Å². The predicted octanol–water partition coefficient (Wildman–Crippen LogP) is 4.56. The van der Waals surface area contributed by atoms with E-state index in [1.807, 2.05) is 0 Å². The summed E-state index contributed by atoms with van der Waals surface area (Å²) in [5, 5.41) is 24.0. The zero-order valence-electron chi connectivity index (χ0n) is 13.3. The number of hydrogen-bond donors (Lipinski definition) is 1. The van der Waals surface area contributed by atoms with E-state index in [9.17, 15) is 20.2 Å². The van der Waals surface area contributed by atoms with Crippen LogP contribution in [0.1, 0.15) is 39.7 Å². The summed E-state index contributed by atoms with van der Waals surface area (Å²) in [7, 11) is 0. The lowest BCUT2D eigenvalue weighted by atomic mass is 9.88. The maximum Gasteiger partial charge on any atom is 0.282 e. The molecule has 1 aliphatic rings. The van der Waals surface area contributed by atoms with E-state index in [2.05, 4.69) is 18.3 Å². The van der Waals surface area contributed by atoms with E-state index in [0.717, 1.165) is 29.7 Å². The van der Waals surface area contributed by atoms with E-state index in [0.29, 0.717) is 16.5 Å². The number of nitro groups is 1. The van der Waals surface area contributed by atoms with Crippen molar-refractivity contribution >= 4 is 39.5 Å². The molecule has 1 heterocycles. The summed E-state index contributed by atoms with van der Waals surface area (Å²) >= 11 is 7.25. The molecule has 1 atom stereocenters. The quantitative estimate of drug-likeness (QED) is 0.628. The summed E-state index contributed by atoms with van der Waals surface area (Å²) in [5.74, 6) is -0.104. The SMILES string of the molecule is CC1CCc2c(sc(NC(=O)c3cc(Cl)ccc3[N+](=O)[O-])c2C#N)C1. The predicted molar refractivity (Wildman–Crippen MR) is 96.3 cm³/mol. The first-order valence-electron chi connectivity index (χ1n) is 7.70. The van der Waals surface area contributed by atoms with Crippen molar-refractivity contribution in [3.8, 4) is 6.07 Å². The highest BCUT2D eigenvalue weighted by Crippen LogP contribution is 2.39. The second-order valence-corrected chi connectivity index (χ2v) is 7.58. The van der Waals surface area contributed by atoms with Gasteiger partial charge in [-0.15, -0.1) is 11.3 Å². The van der Waals surface area contributed by atoms with Crippen molar-refractivity contribution < 1.29 is 9.72 Å². The van der Waals surface area contributed by atoms with Crippen LogP contribution in [0.2, 0.25) is 5.02 Å². The lowest BCUT2D eigenvalue weighted by Gasteiger charge is -2.17. The lowest BCUT2D eigenvalue weighted by molar-refractivity contribution is -0.385. The molecule has 0 aliphatic heterocycles. The van der Waals surface area contributed by atoms with Crippen molar-refractivity contribution in [2.24, 2.45) is 5.92 Å². The van der Waals surface area contributed by atoms with Crippen LogP contribution in [0.5, 0.6) is 0 Å². The summed E-state index contributed by atoms with van der Waals surface area (Å²) < 4.78 is 0. The zero-order chi connectivity index (χ0) is 18.1. The fraction of sp³-hybridized carbons (Fsp3) is 0.294. The molecule has 1 aromatic carbocycles. The molecule has 1 aromatic heterocycles. The Morgan fingerprint density at radius 2 is 2.28 bits per heavy atom. The van der Waals surface area contributed by atoms with Gasteiger partial charge >= 0.3 is 0 Å². The molecule has 6 nitrogen and oxygen atoms in total. The minimum atomic E-state index is -0.641. The molecule has 8 heteroatoms. The molecule has 128 valence electrons. The zero-order valence-corrected chi connectivity index (χ0v) is 14.9. The van der Waals surface area contributed by atoms with Gasteiger partial charge in [0.1, 0.15) is 16.6 Å². The number of carbonyl (C=O) groups is 1. The Morgan fingerprint density at radius 1 is 1.52 bits per heavy atom. The van der Waals surface area contributed by atoms with Gasteiger partial charge in [0.15, 0.2) is 0 Å². The van der Waals surface area contributed by atoms with Crippen LogP contribution in [-0.4, -0.2) is 10.8 Å². The van der Waals surface area contributed by atoms with Crippen molar-refractivity contribution in [3.63, 3.8) is 0 Å². The highest BCUT2D eigenvalue weighted by Gasteiger charge is 2.26. The minimum Gasteiger partial charge on any atom is -0.312 e. The molecule has 1 N–H and O–H groups in total. The average molecular weight is 376 g/mol. The fourth-order valence-electron chi connectivity index (χ4n) is 2.98. The van der Waals surface area contributed by atoms with E-state index in [4.69, 9.17) is 11.6 Å². The Bertz CT molecular complexity index is 917. The van der Waals surface area contributed by atoms with Gasteiger partial charge < -0.3 is 5.32 Å². The normalized spacial score (nSPS) is 16.0. The number of halogens is 1. The van der Waals surface area contributed by atoms with Crippen molar-refractivity contribution in [1.82, 2.24) is 0 Å². The first kappa shape index (κ1) is 17.4. The number of thiophene rings is 1. The van der Waals surface area contributed by atoms with Crippen LogP contribution in [0.3, 0.4) is 0 Å². The minimum absolute atomic E-state index is 0.124. The van der Waals surface area contributed by atoms with Gasteiger partial charge in [-0.2, -0.15) is 5.26 Å². The summed E-state index contributed by atoms with van der Waals surface area (Å²) in [5.41, 5.74) is 1.00. The molecule has 1 amide bonds. The Morgan fingerprint density at radius 3 is 2.96 bits per heavy atom. The lowest BCUT2D eigenvalue weighted by Crippen LogP contribution is -2.14. The third kappa shape index (κ3) is 3.36. The number of hydrogen-bond acceptors (Lipinski definition) is 5. The molecule has 0 saturated heterocycles. The number of nitro benzene ring substituents is 1. The molecular formula is C17H14ClN3O3S. The largest absolute Gasteiger partial charge is 0.312 e. The Labute approximate surface area is 153 Å². The topological polar surface area (TPSA) is 96.0 Å². The van der Waals surface area contributed by atoms with Gasteiger partial charge in [-0.05, 0) is 42.9 Å². The first-order valence-corrected chi connectivity index (χ1v) is 8.90. The van der Waals surface area contributed by atoms with Gasteiger partial charge in [0.05, 0.1) is 10.5 Å². The maximum absolute atomic E-state index is 12.6. The number of benzene rings is 1. The molecular weight excluding hydrogens is 362 g/mol. The molecule has 1 aliphatic carbocycles. The molecule has 0 spiro atoms. The summed E-state index contributed by atoms with van der Waals surface area (Å²) in [6.07, 6.45) is 2.69. The third-order valence-electron chi connectivity index (χ3n) is 4.25. The number of anilines is 1. The van der Waals surface area contributed by atoms with Crippen molar-refractivity contribution in [2.75, 3.05) is 5.32 Å². The van der Waals surface area contributed by atoms with E-state index >= 15 is 0 Å². The van der Waals surface area contributed by atoms with Crippen LogP contribution in [0, 0.1) is 27.4 Å². The number of nitrogens with one attached hydrogen (secondary N) is 1. The van der Waals surface area contributed by atoms with Crippen LogP contribution >= 0.6 is 22.9 Å². The van der Waals surface area contributed by atoms with Crippen LogP contribution in [0.4, 0.5) is 10.7 Å². The first-order chi connectivity index (χ1) is 11.9. The smallest absolute Gasteiger partial charge is 0.282 e. The number of rotatable bonds is 3. The van der Waals surface area contributed by atoms with Crippen LogP contribution in [0.15, 0.2) is 18.2 Å². The highest BCUT2D eigenvalue weighted by molar-refractivity contribution is 7.16. The van der Waals surface area contributed by atoms with E-state index in [-0.39, 0.29) is 16.3 Å². The van der Waals surface area contributed by atoms with Gasteiger partial charge in [0.2, 0.25) is 0 Å². The van der Waals surface area contributed by atoms with Gasteiger partial charge in [-0.1, -0.05) is 18.5 Å². The van der Waals surface area contributed by atoms with Crippen molar-refractivity contribution in [2.45, 2.75) is 26.2 Å². The fourth-order valence-corrected chi connectivity index (χ4v) is 4.51. The second kappa shape index (κ2) is 6.82. The standard InChI is InChI=1S/C17H14ClN3O3S/c1-9-2-4-11-13(8-19)17(25-15(11)6-9)20-16(22)12-7-10(18)3-5-14(12)21(23)24/h3,5,7,9H,2,4,6H2,1H3,(H,20,22). The van der Waals surface area contributed by atoms with Gasteiger partial charge in [-0.25, -0.2) is 0 Å². The van der Waals surface area contributed by atoms with E-state index in [1.165, 1.54) is 29.5 Å². The molecule has 25 heavy (non-hydrogen) atoms. The number of nitrogens with zero attached hydrogens (tertiary/aromatic N) is 2. The molecule has 0 radical (unpaired) electrons. The summed E-state index contributed by atoms with van der Waals surface area (Å²) in [6.45, 7) is 2.16. The average Bonchev–Trinajstić information content (AvgIpc) is 2.90. The number of fused-ring (bicyclic) bond motifs is 1. The molecule has 0 saturated carbocycles. The summed E-state index contributed by atoms with van der Waals surface area (Å²) in [4.78, 5) is 24.2. The summed E-state index contributed by atoms with van der Waals surface area (Å²) in [6, 6.07) is 5.98. The number of nitriles is 1. The number of amides is 1. The maximum atomic E-state index is 12.6. The monoisotopic (exact) mass is 375 g/mol. The van der Waals surface area contributed by atoms with Crippen molar-refractivity contribution in [1.29, 1.82) is 5.26 Å². The highest BCUT2D eigenvalue weighted by atomic mass is 35.5. The van der Waals surface area contributed by atoms with Gasteiger partial charge in [-0.3, -0.25) is 14.9 Å². The Balaban J connectivity index is 1.96. The second-order valence-electron chi connectivity index (χ2n) is 6.04. The Kier molecular flexibility index (Phi) is 4.75. The van der Waals surface area contributed by atoms with Gasteiger partial charge in [0.25, 0.3) is 11.6 Å². The van der Waals surface area contributed by atoms with Gasteiger partial charge in [0, 0.05) is 16.0 Å². The van der Waals surface area contributed by atoms with Crippen molar-refractivity contribution in [3.05, 3.63) is 54.9 Å². The molecule has 0 bridgehead atoms. The molecule has 0 fully saturated rings. The Hall–Kier alpha value is -2.43. The van der Waals surface area contributed by atoms with E-state index < -0.39 is 10.8 Å². The van der Waals surface area contributed by atoms with Crippen LogP contribution < -0.4 is 5.32 Å². The molecule has 3 rings (SSSR count). The van der Waals surface area contributed by atoms with E-state index in [1.54, 1.807) is 0 Å². The molecule has 1 unspecified atom stereocenters. The third-order valence-corrected chi connectivity index (χ3v) is 5.66. The van der Waals surface area contributed by atoms with Crippen LogP contribution in [0.25, 0.3) is 0 Å².